The Morgan fingerprint density at radius 3 is 2.33 bits per heavy atom. The number of hydrogen-bond donors (Lipinski definition) is 2. The van der Waals surface area contributed by atoms with Gasteiger partial charge in [-0.05, 0) is 42.2 Å². The molecule has 0 saturated heterocycles. The van der Waals surface area contributed by atoms with Gasteiger partial charge in [0.2, 0.25) is 0 Å². The van der Waals surface area contributed by atoms with Crippen LogP contribution in [0.3, 0.4) is 0 Å². The number of allylic oxidation sites excluding steroid dienone is 5. The Hall–Kier alpha value is -2.04. The molecule has 0 saturated carbocycles. The SMILES string of the molecule is C=C/C(=C\C=C(/C)c1ccc(OCCO)c(OCCO)c1)CCC. The third-order valence-electron chi connectivity index (χ3n) is 3.45. The zero-order chi connectivity index (χ0) is 17.8. The fourth-order valence-corrected chi connectivity index (χ4v) is 2.17. The van der Waals surface area contributed by atoms with Crippen molar-refractivity contribution in [2.45, 2.75) is 26.7 Å². The van der Waals surface area contributed by atoms with Crippen molar-refractivity contribution in [3.05, 3.63) is 54.1 Å². The highest BCUT2D eigenvalue weighted by atomic mass is 16.5. The van der Waals surface area contributed by atoms with Crippen LogP contribution in [0.15, 0.2) is 48.6 Å². The summed E-state index contributed by atoms with van der Waals surface area (Å²) in [6.45, 7) is 8.28. The Labute approximate surface area is 144 Å². The summed E-state index contributed by atoms with van der Waals surface area (Å²) in [5.41, 5.74) is 3.31. The minimum absolute atomic E-state index is 0.0628. The normalized spacial score (nSPS) is 12.2. The van der Waals surface area contributed by atoms with Crippen LogP contribution in [0.1, 0.15) is 32.3 Å². The lowest BCUT2D eigenvalue weighted by Gasteiger charge is -2.13. The number of hydrogen-bond acceptors (Lipinski definition) is 4. The molecule has 0 bridgehead atoms. The molecule has 0 fully saturated rings. The lowest BCUT2D eigenvalue weighted by molar-refractivity contribution is 0.178. The van der Waals surface area contributed by atoms with Crippen molar-refractivity contribution in [2.75, 3.05) is 26.4 Å². The van der Waals surface area contributed by atoms with Gasteiger partial charge < -0.3 is 19.7 Å². The maximum atomic E-state index is 8.96. The Kier molecular flexibility index (Phi) is 9.58. The summed E-state index contributed by atoms with van der Waals surface area (Å²) in [6.07, 6.45) is 8.12. The van der Waals surface area contributed by atoms with Gasteiger partial charge in [0.25, 0.3) is 0 Å². The van der Waals surface area contributed by atoms with Crippen LogP contribution in [0.25, 0.3) is 5.57 Å². The second kappa shape index (κ2) is 11.5. The van der Waals surface area contributed by atoms with Crippen molar-refractivity contribution >= 4 is 5.57 Å². The molecule has 0 spiro atoms. The van der Waals surface area contributed by atoms with Crippen LogP contribution >= 0.6 is 0 Å². The number of ether oxygens (including phenoxy) is 2. The first kappa shape index (κ1) is 20.0. The Morgan fingerprint density at radius 1 is 1.08 bits per heavy atom. The van der Waals surface area contributed by atoms with Crippen LogP contribution < -0.4 is 9.47 Å². The van der Waals surface area contributed by atoms with Gasteiger partial charge >= 0.3 is 0 Å². The summed E-state index contributed by atoms with van der Waals surface area (Å²) >= 11 is 0. The number of benzene rings is 1. The molecule has 1 aromatic carbocycles. The largest absolute Gasteiger partial charge is 0.487 e. The molecule has 0 aliphatic heterocycles. The van der Waals surface area contributed by atoms with Gasteiger partial charge in [0.1, 0.15) is 13.2 Å². The monoisotopic (exact) mass is 332 g/mol. The summed E-state index contributed by atoms with van der Waals surface area (Å²) in [7, 11) is 0. The van der Waals surface area contributed by atoms with E-state index in [0.29, 0.717) is 11.5 Å². The number of aliphatic hydroxyl groups is 2. The molecule has 24 heavy (non-hydrogen) atoms. The van der Waals surface area contributed by atoms with Gasteiger partial charge in [0, 0.05) is 0 Å². The van der Waals surface area contributed by atoms with Crippen molar-refractivity contribution in [3.63, 3.8) is 0 Å². The minimum Gasteiger partial charge on any atom is -0.487 e. The van der Waals surface area contributed by atoms with Crippen molar-refractivity contribution < 1.29 is 19.7 Å². The van der Waals surface area contributed by atoms with Crippen molar-refractivity contribution in [1.82, 2.24) is 0 Å². The molecule has 0 aliphatic carbocycles. The van der Waals surface area contributed by atoms with E-state index in [1.54, 1.807) is 0 Å². The van der Waals surface area contributed by atoms with Crippen LogP contribution in [-0.2, 0) is 0 Å². The lowest BCUT2D eigenvalue weighted by Crippen LogP contribution is -2.06. The highest BCUT2D eigenvalue weighted by molar-refractivity contribution is 5.68. The Balaban J connectivity index is 3.03. The van der Waals surface area contributed by atoms with Gasteiger partial charge in [0.15, 0.2) is 11.5 Å². The molecule has 0 atom stereocenters. The summed E-state index contributed by atoms with van der Waals surface area (Å²) in [6, 6.07) is 5.65. The van der Waals surface area contributed by atoms with Crippen LogP contribution in [0.2, 0.25) is 0 Å². The van der Waals surface area contributed by atoms with E-state index in [1.807, 2.05) is 31.2 Å². The van der Waals surface area contributed by atoms with Crippen molar-refractivity contribution in [3.8, 4) is 11.5 Å². The Bertz CT molecular complexity index is 573. The summed E-state index contributed by atoms with van der Waals surface area (Å²) in [5.74, 6) is 1.12. The van der Waals surface area contributed by atoms with E-state index >= 15 is 0 Å². The zero-order valence-corrected chi connectivity index (χ0v) is 14.6. The van der Waals surface area contributed by atoms with Crippen LogP contribution in [0, 0.1) is 0 Å². The summed E-state index contributed by atoms with van der Waals surface area (Å²) in [5, 5.41) is 17.9. The van der Waals surface area contributed by atoms with E-state index in [2.05, 4.69) is 25.7 Å². The molecule has 4 heteroatoms. The van der Waals surface area contributed by atoms with Gasteiger partial charge in [-0.25, -0.2) is 0 Å². The topological polar surface area (TPSA) is 58.9 Å². The third kappa shape index (κ3) is 6.60. The predicted molar refractivity (Wildman–Crippen MR) is 98.4 cm³/mol. The molecule has 4 nitrogen and oxygen atoms in total. The van der Waals surface area contributed by atoms with E-state index in [-0.39, 0.29) is 26.4 Å². The third-order valence-corrected chi connectivity index (χ3v) is 3.45. The van der Waals surface area contributed by atoms with Crippen LogP contribution in [-0.4, -0.2) is 36.6 Å². The van der Waals surface area contributed by atoms with E-state index in [9.17, 15) is 0 Å². The summed E-state index contributed by atoms with van der Waals surface area (Å²) in [4.78, 5) is 0. The van der Waals surface area contributed by atoms with Crippen LogP contribution in [0.4, 0.5) is 0 Å². The second-order valence-corrected chi connectivity index (χ2v) is 5.35. The smallest absolute Gasteiger partial charge is 0.161 e. The highest BCUT2D eigenvalue weighted by Gasteiger charge is 2.08. The average Bonchev–Trinajstić information content (AvgIpc) is 2.61. The number of aliphatic hydroxyl groups excluding tert-OH is 2. The Morgan fingerprint density at radius 2 is 1.75 bits per heavy atom. The van der Waals surface area contributed by atoms with Gasteiger partial charge in [-0.1, -0.05) is 44.2 Å². The molecule has 0 heterocycles. The van der Waals surface area contributed by atoms with E-state index in [1.165, 1.54) is 5.57 Å². The molecule has 132 valence electrons. The first-order valence-corrected chi connectivity index (χ1v) is 8.27. The molecule has 0 aliphatic rings. The predicted octanol–water partition coefficient (Wildman–Crippen LogP) is 3.74. The molecule has 0 radical (unpaired) electrons. The van der Waals surface area contributed by atoms with Gasteiger partial charge in [-0.15, -0.1) is 0 Å². The van der Waals surface area contributed by atoms with E-state index in [0.717, 1.165) is 24.0 Å². The van der Waals surface area contributed by atoms with Crippen molar-refractivity contribution in [2.24, 2.45) is 0 Å². The molecule has 0 amide bonds. The zero-order valence-electron chi connectivity index (χ0n) is 14.6. The minimum atomic E-state index is -0.0685. The first-order chi connectivity index (χ1) is 11.7. The molecule has 0 unspecified atom stereocenters. The van der Waals surface area contributed by atoms with Gasteiger partial charge in [-0.2, -0.15) is 0 Å². The first-order valence-electron chi connectivity index (χ1n) is 8.27. The fourth-order valence-electron chi connectivity index (χ4n) is 2.17. The maximum Gasteiger partial charge on any atom is 0.161 e. The summed E-state index contributed by atoms with van der Waals surface area (Å²) < 4.78 is 11.0. The average molecular weight is 332 g/mol. The fraction of sp³-hybridized carbons (Fsp3) is 0.400. The van der Waals surface area contributed by atoms with Gasteiger partial charge in [-0.3, -0.25) is 0 Å². The second-order valence-electron chi connectivity index (χ2n) is 5.35. The molecule has 1 aromatic rings. The van der Waals surface area contributed by atoms with E-state index in [4.69, 9.17) is 19.7 Å². The molecule has 1 rings (SSSR count). The highest BCUT2D eigenvalue weighted by Crippen LogP contribution is 2.31. The molecule has 2 N–H and O–H groups in total. The quantitative estimate of drug-likeness (QED) is 0.606. The van der Waals surface area contributed by atoms with E-state index < -0.39 is 0 Å². The molecular weight excluding hydrogens is 304 g/mol. The van der Waals surface area contributed by atoms with Crippen LogP contribution in [0.5, 0.6) is 11.5 Å². The van der Waals surface area contributed by atoms with Crippen molar-refractivity contribution in [1.29, 1.82) is 0 Å². The molecular formula is C20H28O4. The lowest BCUT2D eigenvalue weighted by atomic mass is 10.0. The number of rotatable bonds is 11. The standard InChI is InChI=1S/C20H28O4/c1-4-6-17(5-2)8-7-16(3)18-9-10-19(23-13-11-21)20(15-18)24-14-12-22/h5,7-10,15,21-22H,2,4,6,11-14H2,1,3H3/b16-7+,17-8+. The van der Waals surface area contributed by atoms with Gasteiger partial charge in [0.05, 0.1) is 13.2 Å². The maximum absolute atomic E-state index is 8.96. The molecule has 0 aromatic heterocycles.